The first-order valence-corrected chi connectivity index (χ1v) is 7.23. The zero-order chi connectivity index (χ0) is 16.4. The molecule has 2 aromatic rings. The third kappa shape index (κ3) is 3.23. The topological polar surface area (TPSA) is 80.2 Å². The van der Waals surface area contributed by atoms with Crippen molar-refractivity contribution in [3.63, 3.8) is 0 Å². The van der Waals surface area contributed by atoms with Crippen molar-refractivity contribution < 1.29 is 4.79 Å². The van der Waals surface area contributed by atoms with Crippen molar-refractivity contribution in [3.05, 3.63) is 70.8 Å². The number of nitrogens with zero attached hydrogens (tertiary/aromatic N) is 3. The Hall–Kier alpha value is -3.08. The van der Waals surface area contributed by atoms with Crippen LogP contribution in [0.15, 0.2) is 63.5 Å². The summed E-state index contributed by atoms with van der Waals surface area (Å²) in [7, 11) is 0. The van der Waals surface area contributed by atoms with Gasteiger partial charge < -0.3 is 5.73 Å². The Labute approximate surface area is 134 Å². The third-order valence-electron chi connectivity index (χ3n) is 3.49. The third-order valence-corrected chi connectivity index (χ3v) is 3.49. The minimum Gasteiger partial charge on any atom is -0.383 e. The van der Waals surface area contributed by atoms with Crippen LogP contribution < -0.4 is 5.73 Å². The van der Waals surface area contributed by atoms with E-state index in [0.29, 0.717) is 5.84 Å². The van der Waals surface area contributed by atoms with Crippen LogP contribution in [0.25, 0.3) is 0 Å². The van der Waals surface area contributed by atoms with Gasteiger partial charge >= 0.3 is 5.91 Å². The molecule has 5 nitrogen and oxygen atoms in total. The molecule has 0 bridgehead atoms. The average molecular weight is 304 g/mol. The van der Waals surface area contributed by atoms with Gasteiger partial charge in [-0.2, -0.15) is 4.99 Å². The highest BCUT2D eigenvalue weighted by Gasteiger charge is 2.21. The van der Waals surface area contributed by atoms with Gasteiger partial charge in [0.25, 0.3) is 0 Å². The number of amidine groups is 3. The lowest BCUT2D eigenvalue weighted by Crippen LogP contribution is -2.17. The van der Waals surface area contributed by atoms with Gasteiger partial charge in [-0.25, -0.2) is 9.98 Å². The van der Waals surface area contributed by atoms with Crippen LogP contribution >= 0.6 is 0 Å². The number of aryl methyl sites for hydroxylation is 2. The standard InChI is InChI=1S/C18H16N4O/c1-11-3-7-13(8-4-11)15(19)20-17-18(23)22-16(21-17)14-9-5-12(2)6-10-14/h3-10H,1-2H3,(H2,19,20,21,22,23). The normalized spacial score (nSPS) is 14.7. The second-order valence-corrected chi connectivity index (χ2v) is 5.41. The average Bonchev–Trinajstić information content (AvgIpc) is 2.89. The summed E-state index contributed by atoms with van der Waals surface area (Å²) in [6.07, 6.45) is 0. The molecule has 1 aliphatic heterocycles. The Bertz CT molecular complexity index is 844. The molecule has 1 heterocycles. The maximum absolute atomic E-state index is 12.0. The zero-order valence-corrected chi connectivity index (χ0v) is 12.9. The second kappa shape index (κ2) is 5.96. The fourth-order valence-corrected chi connectivity index (χ4v) is 2.13. The van der Waals surface area contributed by atoms with E-state index in [2.05, 4.69) is 15.0 Å². The Morgan fingerprint density at radius 3 is 2.09 bits per heavy atom. The largest absolute Gasteiger partial charge is 0.383 e. The van der Waals surface area contributed by atoms with Crippen LogP contribution in [-0.4, -0.2) is 23.4 Å². The molecule has 0 aliphatic carbocycles. The zero-order valence-electron chi connectivity index (χ0n) is 12.9. The van der Waals surface area contributed by atoms with Gasteiger partial charge in [-0.3, -0.25) is 4.79 Å². The van der Waals surface area contributed by atoms with Crippen LogP contribution in [0.4, 0.5) is 0 Å². The molecule has 0 saturated heterocycles. The number of aliphatic imine (C=N–C) groups is 3. The van der Waals surface area contributed by atoms with Crippen LogP contribution in [0.5, 0.6) is 0 Å². The minimum absolute atomic E-state index is 0.0126. The van der Waals surface area contributed by atoms with Gasteiger partial charge in [-0.1, -0.05) is 59.7 Å². The highest BCUT2D eigenvalue weighted by atomic mass is 16.2. The van der Waals surface area contributed by atoms with Crippen molar-refractivity contribution in [1.82, 2.24) is 0 Å². The molecular formula is C18H16N4O. The molecule has 0 saturated carbocycles. The maximum Gasteiger partial charge on any atom is 0.316 e. The van der Waals surface area contributed by atoms with E-state index in [4.69, 9.17) is 5.73 Å². The van der Waals surface area contributed by atoms with E-state index < -0.39 is 5.91 Å². The van der Waals surface area contributed by atoms with Crippen molar-refractivity contribution in [2.24, 2.45) is 20.7 Å². The maximum atomic E-state index is 12.0. The summed E-state index contributed by atoms with van der Waals surface area (Å²) in [6.45, 7) is 3.98. The van der Waals surface area contributed by atoms with E-state index in [1.165, 1.54) is 0 Å². The molecule has 1 aliphatic rings. The summed E-state index contributed by atoms with van der Waals surface area (Å²) in [5.74, 6) is 0.150. The number of carbonyl (C=O) groups excluding carboxylic acids is 1. The first-order valence-electron chi connectivity index (χ1n) is 7.23. The molecule has 5 heteroatoms. The molecule has 0 aromatic heterocycles. The van der Waals surface area contributed by atoms with Crippen LogP contribution in [0.1, 0.15) is 22.3 Å². The SMILES string of the molecule is Cc1ccc(C(N)=NC2=NC(c3ccc(C)cc3)=NC2=O)cc1. The van der Waals surface area contributed by atoms with E-state index in [1.807, 2.05) is 62.4 Å². The highest BCUT2D eigenvalue weighted by Crippen LogP contribution is 2.11. The van der Waals surface area contributed by atoms with Crippen LogP contribution in [0.2, 0.25) is 0 Å². The predicted molar refractivity (Wildman–Crippen MR) is 92.1 cm³/mol. The summed E-state index contributed by atoms with van der Waals surface area (Å²) < 4.78 is 0. The van der Waals surface area contributed by atoms with Crippen molar-refractivity contribution in [3.8, 4) is 0 Å². The molecule has 0 fully saturated rings. The predicted octanol–water partition coefficient (Wildman–Crippen LogP) is 2.39. The van der Waals surface area contributed by atoms with Gasteiger partial charge in [0.2, 0.25) is 5.84 Å². The van der Waals surface area contributed by atoms with Crippen molar-refractivity contribution in [2.45, 2.75) is 13.8 Å². The molecule has 1 amide bonds. The van der Waals surface area contributed by atoms with E-state index >= 15 is 0 Å². The molecule has 114 valence electrons. The Morgan fingerprint density at radius 2 is 1.48 bits per heavy atom. The van der Waals surface area contributed by atoms with Gasteiger partial charge in [0, 0.05) is 11.1 Å². The molecule has 2 N–H and O–H groups in total. The van der Waals surface area contributed by atoms with E-state index in [9.17, 15) is 4.79 Å². The van der Waals surface area contributed by atoms with Crippen molar-refractivity contribution in [1.29, 1.82) is 0 Å². The number of rotatable bonds is 2. The molecule has 23 heavy (non-hydrogen) atoms. The van der Waals surface area contributed by atoms with E-state index in [-0.39, 0.29) is 11.7 Å². The van der Waals surface area contributed by atoms with Crippen LogP contribution in [-0.2, 0) is 4.79 Å². The minimum atomic E-state index is -0.476. The van der Waals surface area contributed by atoms with Crippen molar-refractivity contribution >= 4 is 23.4 Å². The molecule has 3 rings (SSSR count). The van der Waals surface area contributed by atoms with Gasteiger partial charge in [-0.15, -0.1) is 0 Å². The van der Waals surface area contributed by atoms with E-state index in [0.717, 1.165) is 22.3 Å². The molecule has 0 radical (unpaired) electrons. The van der Waals surface area contributed by atoms with Gasteiger partial charge in [0.1, 0.15) is 5.84 Å². The highest BCUT2D eigenvalue weighted by molar-refractivity contribution is 6.47. The van der Waals surface area contributed by atoms with E-state index in [1.54, 1.807) is 0 Å². The fraction of sp³-hybridized carbons (Fsp3) is 0.111. The first kappa shape index (κ1) is 14.8. The van der Waals surface area contributed by atoms with Crippen molar-refractivity contribution in [2.75, 3.05) is 0 Å². The smallest absolute Gasteiger partial charge is 0.316 e. The molecule has 2 aromatic carbocycles. The number of amides is 1. The summed E-state index contributed by atoms with van der Waals surface area (Å²) in [5.41, 5.74) is 9.74. The monoisotopic (exact) mass is 304 g/mol. The Balaban J connectivity index is 1.88. The number of nitrogens with two attached hydrogens (primary N) is 1. The number of hydrogen-bond donors (Lipinski definition) is 1. The van der Waals surface area contributed by atoms with Crippen LogP contribution in [0, 0.1) is 13.8 Å². The number of carbonyl (C=O) groups is 1. The van der Waals surface area contributed by atoms with Gasteiger partial charge in [0.15, 0.2) is 5.84 Å². The Kier molecular flexibility index (Phi) is 3.85. The summed E-state index contributed by atoms with van der Waals surface area (Å²) in [6, 6.07) is 15.2. The fourth-order valence-electron chi connectivity index (χ4n) is 2.13. The molecule has 0 atom stereocenters. The lowest BCUT2D eigenvalue weighted by Gasteiger charge is -2.00. The molecule has 0 unspecified atom stereocenters. The second-order valence-electron chi connectivity index (χ2n) is 5.41. The Morgan fingerprint density at radius 1 is 0.913 bits per heavy atom. The van der Waals surface area contributed by atoms with Gasteiger partial charge in [-0.05, 0) is 13.8 Å². The summed E-state index contributed by atoms with van der Waals surface area (Å²) in [4.78, 5) is 24.2. The summed E-state index contributed by atoms with van der Waals surface area (Å²) >= 11 is 0. The lowest BCUT2D eigenvalue weighted by molar-refractivity contribution is -0.111. The molecular weight excluding hydrogens is 288 g/mol. The quantitative estimate of drug-likeness (QED) is 0.683. The first-order chi connectivity index (χ1) is 11.0. The van der Waals surface area contributed by atoms with Crippen LogP contribution in [0.3, 0.4) is 0 Å². The number of benzene rings is 2. The molecule has 0 spiro atoms. The number of hydrogen-bond acceptors (Lipinski definition) is 3. The summed E-state index contributed by atoms with van der Waals surface area (Å²) in [5, 5.41) is 0. The lowest BCUT2D eigenvalue weighted by atomic mass is 10.1. The van der Waals surface area contributed by atoms with Gasteiger partial charge in [0.05, 0.1) is 0 Å².